The lowest BCUT2D eigenvalue weighted by Gasteiger charge is -2.26. The van der Waals surface area contributed by atoms with E-state index >= 15 is 0 Å². The SMILES string of the molecule is Cc1cc(C)cc(C(C)(O)c2ccc(C)c(C)c2)c1. The Hall–Kier alpha value is -1.60. The molecule has 100 valence electrons. The fourth-order valence-corrected chi connectivity index (χ4v) is 2.47. The first-order valence-electron chi connectivity index (χ1n) is 6.69. The van der Waals surface area contributed by atoms with Crippen molar-refractivity contribution >= 4 is 0 Å². The van der Waals surface area contributed by atoms with E-state index in [0.29, 0.717) is 0 Å². The van der Waals surface area contributed by atoms with Crippen LogP contribution >= 0.6 is 0 Å². The van der Waals surface area contributed by atoms with E-state index in [-0.39, 0.29) is 0 Å². The summed E-state index contributed by atoms with van der Waals surface area (Å²) in [4.78, 5) is 0. The molecule has 1 atom stereocenters. The Labute approximate surface area is 115 Å². The van der Waals surface area contributed by atoms with Gasteiger partial charge in [-0.1, -0.05) is 47.5 Å². The average Bonchev–Trinajstić information content (AvgIpc) is 2.31. The van der Waals surface area contributed by atoms with Gasteiger partial charge in [0.1, 0.15) is 5.60 Å². The zero-order valence-corrected chi connectivity index (χ0v) is 12.4. The van der Waals surface area contributed by atoms with Gasteiger partial charge in [-0.05, 0) is 56.9 Å². The van der Waals surface area contributed by atoms with Crippen molar-refractivity contribution in [2.75, 3.05) is 0 Å². The van der Waals surface area contributed by atoms with E-state index in [1.165, 1.54) is 22.3 Å². The molecule has 2 aromatic rings. The van der Waals surface area contributed by atoms with Gasteiger partial charge in [-0.3, -0.25) is 0 Å². The van der Waals surface area contributed by atoms with E-state index in [0.717, 1.165) is 11.1 Å². The lowest BCUT2D eigenvalue weighted by Crippen LogP contribution is -2.23. The third-order valence-corrected chi connectivity index (χ3v) is 3.85. The maximum absolute atomic E-state index is 10.9. The molecule has 0 saturated heterocycles. The Morgan fingerprint density at radius 1 is 0.737 bits per heavy atom. The van der Waals surface area contributed by atoms with E-state index in [9.17, 15) is 5.11 Å². The van der Waals surface area contributed by atoms with Crippen LogP contribution in [-0.4, -0.2) is 5.11 Å². The van der Waals surface area contributed by atoms with Gasteiger partial charge in [0, 0.05) is 0 Å². The second kappa shape index (κ2) is 4.82. The van der Waals surface area contributed by atoms with Crippen molar-refractivity contribution in [3.8, 4) is 0 Å². The quantitative estimate of drug-likeness (QED) is 0.852. The molecule has 0 bridgehead atoms. The molecule has 0 saturated carbocycles. The predicted molar refractivity (Wildman–Crippen MR) is 80.5 cm³/mol. The zero-order chi connectivity index (χ0) is 14.2. The molecule has 19 heavy (non-hydrogen) atoms. The summed E-state index contributed by atoms with van der Waals surface area (Å²) < 4.78 is 0. The van der Waals surface area contributed by atoms with Gasteiger partial charge in [0.2, 0.25) is 0 Å². The normalized spacial score (nSPS) is 14.2. The van der Waals surface area contributed by atoms with E-state index < -0.39 is 5.60 Å². The van der Waals surface area contributed by atoms with Gasteiger partial charge in [-0.25, -0.2) is 0 Å². The molecular weight excluding hydrogens is 232 g/mol. The fourth-order valence-electron chi connectivity index (χ4n) is 2.47. The molecule has 1 heteroatoms. The smallest absolute Gasteiger partial charge is 0.112 e. The molecule has 1 N–H and O–H groups in total. The van der Waals surface area contributed by atoms with Gasteiger partial charge < -0.3 is 5.11 Å². The van der Waals surface area contributed by atoms with Crippen LogP contribution in [0, 0.1) is 27.7 Å². The van der Waals surface area contributed by atoms with Gasteiger partial charge in [0.15, 0.2) is 0 Å². The van der Waals surface area contributed by atoms with E-state index in [2.05, 4.69) is 58.0 Å². The highest BCUT2D eigenvalue weighted by molar-refractivity contribution is 5.42. The molecule has 0 aliphatic carbocycles. The summed E-state index contributed by atoms with van der Waals surface area (Å²) in [5.41, 5.74) is 5.77. The highest BCUT2D eigenvalue weighted by Crippen LogP contribution is 2.31. The monoisotopic (exact) mass is 254 g/mol. The fraction of sp³-hybridized carbons (Fsp3) is 0.333. The Morgan fingerprint density at radius 3 is 1.84 bits per heavy atom. The Bertz CT molecular complexity index is 589. The van der Waals surface area contributed by atoms with Crippen LogP contribution in [0.1, 0.15) is 40.3 Å². The summed E-state index contributed by atoms with van der Waals surface area (Å²) in [6.45, 7) is 10.2. The number of aliphatic hydroxyl groups is 1. The van der Waals surface area contributed by atoms with E-state index in [1.54, 1.807) is 0 Å². The first-order valence-corrected chi connectivity index (χ1v) is 6.69. The second-order valence-corrected chi connectivity index (χ2v) is 5.75. The van der Waals surface area contributed by atoms with Crippen LogP contribution in [0.4, 0.5) is 0 Å². The molecule has 0 radical (unpaired) electrons. The molecule has 0 heterocycles. The Balaban J connectivity index is 2.54. The van der Waals surface area contributed by atoms with Crippen molar-refractivity contribution in [3.63, 3.8) is 0 Å². The summed E-state index contributed by atoms with van der Waals surface area (Å²) in [5.74, 6) is 0. The average molecular weight is 254 g/mol. The van der Waals surface area contributed by atoms with Crippen LogP contribution in [0.15, 0.2) is 36.4 Å². The maximum atomic E-state index is 10.9. The van der Waals surface area contributed by atoms with Gasteiger partial charge in [-0.15, -0.1) is 0 Å². The summed E-state index contributed by atoms with van der Waals surface area (Å²) in [5, 5.41) is 10.9. The number of hydrogen-bond acceptors (Lipinski definition) is 1. The topological polar surface area (TPSA) is 20.2 Å². The Kier molecular flexibility index (Phi) is 3.51. The van der Waals surface area contributed by atoms with E-state index in [4.69, 9.17) is 0 Å². The summed E-state index contributed by atoms with van der Waals surface area (Å²) in [6, 6.07) is 12.4. The predicted octanol–water partition coefficient (Wildman–Crippen LogP) is 4.18. The largest absolute Gasteiger partial charge is 0.381 e. The van der Waals surface area contributed by atoms with Crippen LogP contribution in [0.25, 0.3) is 0 Å². The number of hydrogen-bond donors (Lipinski definition) is 1. The third kappa shape index (κ3) is 2.71. The van der Waals surface area contributed by atoms with Crippen LogP contribution in [0.5, 0.6) is 0 Å². The molecule has 2 rings (SSSR count). The maximum Gasteiger partial charge on any atom is 0.112 e. The van der Waals surface area contributed by atoms with Crippen LogP contribution in [-0.2, 0) is 5.60 Å². The van der Waals surface area contributed by atoms with Crippen molar-refractivity contribution in [3.05, 3.63) is 69.8 Å². The van der Waals surface area contributed by atoms with Gasteiger partial charge >= 0.3 is 0 Å². The second-order valence-electron chi connectivity index (χ2n) is 5.75. The number of aryl methyl sites for hydroxylation is 4. The molecular formula is C18H22O. The van der Waals surface area contributed by atoms with E-state index in [1.807, 2.05) is 13.0 Å². The molecule has 0 fully saturated rings. The van der Waals surface area contributed by atoms with Gasteiger partial charge in [0.25, 0.3) is 0 Å². The number of benzene rings is 2. The summed E-state index contributed by atoms with van der Waals surface area (Å²) in [6.07, 6.45) is 0. The molecule has 1 nitrogen and oxygen atoms in total. The Morgan fingerprint density at radius 2 is 1.32 bits per heavy atom. The highest BCUT2D eigenvalue weighted by Gasteiger charge is 2.26. The number of rotatable bonds is 2. The van der Waals surface area contributed by atoms with Gasteiger partial charge in [-0.2, -0.15) is 0 Å². The summed E-state index contributed by atoms with van der Waals surface area (Å²) >= 11 is 0. The van der Waals surface area contributed by atoms with Crippen LogP contribution < -0.4 is 0 Å². The van der Waals surface area contributed by atoms with Crippen molar-refractivity contribution in [1.82, 2.24) is 0 Å². The minimum atomic E-state index is -0.949. The summed E-state index contributed by atoms with van der Waals surface area (Å²) in [7, 11) is 0. The molecule has 0 amide bonds. The third-order valence-electron chi connectivity index (χ3n) is 3.85. The molecule has 0 spiro atoms. The first-order chi connectivity index (χ1) is 8.80. The van der Waals surface area contributed by atoms with Crippen molar-refractivity contribution < 1.29 is 5.11 Å². The van der Waals surface area contributed by atoms with Crippen molar-refractivity contribution in [1.29, 1.82) is 0 Å². The lowest BCUT2D eigenvalue weighted by atomic mass is 9.85. The van der Waals surface area contributed by atoms with Crippen LogP contribution in [0.3, 0.4) is 0 Å². The zero-order valence-electron chi connectivity index (χ0n) is 12.4. The van der Waals surface area contributed by atoms with Gasteiger partial charge in [0.05, 0.1) is 0 Å². The molecule has 2 aromatic carbocycles. The lowest BCUT2D eigenvalue weighted by molar-refractivity contribution is 0.102. The minimum absolute atomic E-state index is 0.945. The molecule has 1 unspecified atom stereocenters. The molecule has 0 aromatic heterocycles. The molecule has 0 aliphatic heterocycles. The molecule has 0 aliphatic rings. The first kappa shape index (κ1) is 13.8. The van der Waals surface area contributed by atoms with Crippen LogP contribution in [0.2, 0.25) is 0 Å². The minimum Gasteiger partial charge on any atom is -0.381 e. The standard InChI is InChI=1S/C18H22O/c1-12-8-13(2)10-17(9-12)18(5,19)16-7-6-14(3)15(4)11-16/h6-11,19H,1-5H3. The van der Waals surface area contributed by atoms with Crippen molar-refractivity contribution in [2.45, 2.75) is 40.2 Å². The van der Waals surface area contributed by atoms with Crippen molar-refractivity contribution in [2.24, 2.45) is 0 Å². The highest BCUT2D eigenvalue weighted by atomic mass is 16.3.